The Bertz CT molecular complexity index is 378. The van der Waals surface area contributed by atoms with Crippen LogP contribution in [-0.2, 0) is 9.53 Å². The molecule has 0 aliphatic heterocycles. The van der Waals surface area contributed by atoms with E-state index in [9.17, 15) is 9.90 Å². The van der Waals surface area contributed by atoms with Gasteiger partial charge in [0.1, 0.15) is 0 Å². The van der Waals surface area contributed by atoms with E-state index in [2.05, 4.69) is 28.9 Å². The van der Waals surface area contributed by atoms with Crippen molar-refractivity contribution in [2.24, 2.45) is 0 Å². The molecule has 0 fully saturated rings. The lowest BCUT2D eigenvalue weighted by Crippen LogP contribution is -2.31. The number of aliphatic hydroxyl groups is 1. The Hall–Kier alpha value is -0.610. The van der Waals surface area contributed by atoms with Gasteiger partial charge in [-0.3, -0.25) is 0 Å². The molecule has 0 aromatic rings. The molecule has 0 saturated carbocycles. The van der Waals surface area contributed by atoms with Gasteiger partial charge in [-0.2, -0.15) is 0 Å². The topological polar surface area (TPSA) is 46.5 Å². The monoisotopic (exact) mass is 360 g/mol. The molecule has 0 aliphatic carbocycles. The second kappa shape index (κ2) is 10.2. The molecule has 1 atom stereocenters. The lowest BCUT2D eigenvalue weighted by Gasteiger charge is -2.24. The molecule has 0 rings (SSSR count). The van der Waals surface area contributed by atoms with Crippen molar-refractivity contribution < 1.29 is 14.6 Å². The zero-order chi connectivity index (χ0) is 16.5. The molecule has 0 heterocycles. The zero-order valence-electron chi connectivity index (χ0n) is 13.9. The van der Waals surface area contributed by atoms with Gasteiger partial charge in [-0.1, -0.05) is 33.2 Å². The highest BCUT2D eigenvalue weighted by molar-refractivity contribution is 9.09. The minimum absolute atomic E-state index is 0.0961. The van der Waals surface area contributed by atoms with Gasteiger partial charge in [0.2, 0.25) is 0 Å². The molecular formula is C17H29BrO3. The summed E-state index contributed by atoms with van der Waals surface area (Å²) in [5.74, 6) is -0.261. The summed E-state index contributed by atoms with van der Waals surface area (Å²) < 4.78 is 4.88. The second-order valence-corrected chi connectivity index (χ2v) is 7.10. The number of ether oxygens (including phenoxy) is 1. The maximum Gasteiger partial charge on any atom is 0.330 e. The number of allylic oxidation sites excluding steroid dienone is 3. The molecule has 0 radical (unpaired) electrons. The first kappa shape index (κ1) is 20.4. The fraction of sp³-hybridized carbons (Fsp3) is 0.706. The van der Waals surface area contributed by atoms with E-state index in [1.807, 2.05) is 20.8 Å². The summed E-state index contributed by atoms with van der Waals surface area (Å²) in [6.07, 6.45) is 7.41. The fourth-order valence-electron chi connectivity index (χ4n) is 1.81. The number of rotatable bonds is 9. The van der Waals surface area contributed by atoms with Gasteiger partial charge in [0.15, 0.2) is 0 Å². The van der Waals surface area contributed by atoms with E-state index < -0.39 is 5.60 Å². The quantitative estimate of drug-likeness (QED) is 0.284. The zero-order valence-corrected chi connectivity index (χ0v) is 15.5. The van der Waals surface area contributed by atoms with Crippen molar-refractivity contribution in [1.82, 2.24) is 0 Å². The van der Waals surface area contributed by atoms with E-state index in [-0.39, 0.29) is 10.8 Å². The second-order valence-electron chi connectivity index (χ2n) is 5.99. The van der Waals surface area contributed by atoms with Crippen molar-refractivity contribution >= 4 is 21.9 Å². The third-order valence-electron chi connectivity index (χ3n) is 3.24. The van der Waals surface area contributed by atoms with Crippen LogP contribution >= 0.6 is 15.9 Å². The molecule has 0 spiro atoms. The van der Waals surface area contributed by atoms with Crippen molar-refractivity contribution in [3.63, 3.8) is 0 Å². The maximum atomic E-state index is 11.3. The van der Waals surface area contributed by atoms with Gasteiger partial charge in [-0.15, -0.1) is 0 Å². The molecule has 122 valence electrons. The molecule has 3 nitrogen and oxygen atoms in total. The van der Waals surface area contributed by atoms with Crippen LogP contribution in [0.15, 0.2) is 23.3 Å². The molecule has 0 aliphatic rings. The highest BCUT2D eigenvalue weighted by atomic mass is 79.9. The predicted molar refractivity (Wildman–Crippen MR) is 91.6 cm³/mol. The largest absolute Gasteiger partial charge is 0.463 e. The lowest BCUT2D eigenvalue weighted by molar-refractivity contribution is -0.137. The number of esters is 1. The predicted octanol–water partition coefficient (Wildman–Crippen LogP) is 4.54. The van der Waals surface area contributed by atoms with Crippen molar-refractivity contribution in [1.29, 1.82) is 0 Å². The van der Waals surface area contributed by atoms with Gasteiger partial charge in [-0.05, 0) is 60.3 Å². The highest BCUT2D eigenvalue weighted by Gasteiger charge is 2.23. The van der Waals surface area contributed by atoms with Gasteiger partial charge in [0.25, 0.3) is 0 Å². The number of carbonyl (C=O) groups is 1. The van der Waals surface area contributed by atoms with Crippen LogP contribution in [0, 0.1) is 0 Å². The van der Waals surface area contributed by atoms with E-state index in [0.29, 0.717) is 6.61 Å². The van der Waals surface area contributed by atoms with Gasteiger partial charge < -0.3 is 9.84 Å². The van der Waals surface area contributed by atoms with Crippen LogP contribution in [0.5, 0.6) is 0 Å². The van der Waals surface area contributed by atoms with Crippen LogP contribution in [0.3, 0.4) is 0 Å². The Morgan fingerprint density at radius 3 is 2.43 bits per heavy atom. The summed E-state index contributed by atoms with van der Waals surface area (Å²) in [6.45, 7) is 9.90. The van der Waals surface area contributed by atoms with Crippen molar-refractivity contribution in [3.8, 4) is 0 Å². The van der Waals surface area contributed by atoms with E-state index in [4.69, 9.17) is 4.74 Å². The first-order valence-corrected chi connectivity index (χ1v) is 8.44. The molecule has 0 aromatic carbocycles. The summed E-state index contributed by atoms with van der Waals surface area (Å²) in [5, 5.41) is 9.86. The van der Waals surface area contributed by atoms with Crippen molar-refractivity contribution in [3.05, 3.63) is 23.3 Å². The van der Waals surface area contributed by atoms with Crippen LogP contribution in [0.2, 0.25) is 0 Å². The summed E-state index contributed by atoms with van der Waals surface area (Å²) >= 11 is 3.52. The summed E-state index contributed by atoms with van der Waals surface area (Å²) in [4.78, 5) is 11.4. The highest BCUT2D eigenvalue weighted by Crippen LogP contribution is 2.24. The Balaban J connectivity index is 4.11. The SMILES string of the molecule is CCOC(=O)/C=C(\C)CC/C=C(\C)CCC(Br)C(C)(C)O. The van der Waals surface area contributed by atoms with Gasteiger partial charge in [0, 0.05) is 10.9 Å². The molecule has 4 heteroatoms. The van der Waals surface area contributed by atoms with Crippen LogP contribution in [0.1, 0.15) is 60.3 Å². The number of alkyl halides is 1. The smallest absolute Gasteiger partial charge is 0.330 e. The summed E-state index contributed by atoms with van der Waals surface area (Å²) in [6, 6.07) is 0. The molecule has 1 unspecified atom stereocenters. The number of carbonyl (C=O) groups excluding carboxylic acids is 1. The van der Waals surface area contributed by atoms with Gasteiger partial charge in [0.05, 0.1) is 12.2 Å². The fourth-order valence-corrected chi connectivity index (χ4v) is 2.04. The Kier molecular flexibility index (Phi) is 9.88. The summed E-state index contributed by atoms with van der Waals surface area (Å²) in [5.41, 5.74) is 1.65. The normalized spacial score (nSPS) is 15.0. The van der Waals surface area contributed by atoms with E-state index in [0.717, 1.165) is 31.3 Å². The van der Waals surface area contributed by atoms with Crippen LogP contribution < -0.4 is 0 Å². The number of halogens is 1. The third kappa shape index (κ3) is 10.7. The average Bonchev–Trinajstić information content (AvgIpc) is 2.34. The Morgan fingerprint density at radius 1 is 1.29 bits per heavy atom. The average molecular weight is 361 g/mol. The molecule has 0 bridgehead atoms. The van der Waals surface area contributed by atoms with Gasteiger partial charge >= 0.3 is 5.97 Å². The number of hydrogen-bond acceptors (Lipinski definition) is 3. The van der Waals surface area contributed by atoms with Crippen LogP contribution in [-0.4, -0.2) is 28.1 Å². The molecule has 1 N–H and O–H groups in total. The van der Waals surface area contributed by atoms with Crippen LogP contribution in [0.25, 0.3) is 0 Å². The minimum Gasteiger partial charge on any atom is -0.463 e. The Labute approximate surface area is 137 Å². The Morgan fingerprint density at radius 2 is 1.90 bits per heavy atom. The molecular weight excluding hydrogens is 332 g/mol. The minimum atomic E-state index is -0.695. The van der Waals surface area contributed by atoms with Crippen LogP contribution in [0.4, 0.5) is 0 Å². The number of hydrogen-bond donors (Lipinski definition) is 1. The molecule has 0 aromatic heterocycles. The van der Waals surface area contributed by atoms with Crippen molar-refractivity contribution in [2.75, 3.05) is 6.61 Å². The molecule has 0 amide bonds. The van der Waals surface area contributed by atoms with Gasteiger partial charge in [-0.25, -0.2) is 4.79 Å². The first-order valence-electron chi connectivity index (χ1n) is 7.52. The third-order valence-corrected chi connectivity index (χ3v) is 4.82. The standard InChI is InChI=1S/C17H29BrO3/c1-6-21-16(19)12-14(3)9-7-8-13(2)10-11-15(18)17(4,5)20/h8,12,15,20H,6-7,9-11H2,1-5H3/b13-8+,14-12+. The van der Waals surface area contributed by atoms with Crippen molar-refractivity contribution in [2.45, 2.75) is 70.7 Å². The maximum absolute atomic E-state index is 11.3. The van der Waals surface area contributed by atoms with E-state index in [1.165, 1.54) is 5.57 Å². The lowest BCUT2D eigenvalue weighted by atomic mass is 9.98. The molecule has 0 saturated heterocycles. The summed E-state index contributed by atoms with van der Waals surface area (Å²) in [7, 11) is 0. The first-order chi connectivity index (χ1) is 9.66. The molecule has 21 heavy (non-hydrogen) atoms. The van der Waals surface area contributed by atoms with E-state index in [1.54, 1.807) is 13.0 Å². The van der Waals surface area contributed by atoms with E-state index >= 15 is 0 Å².